The summed E-state index contributed by atoms with van der Waals surface area (Å²) in [7, 11) is -5.33. The first kappa shape index (κ1) is 18.8. The SMILES string of the molecule is N#Cc1ccc(OC2CCC(NS(=O)(=O)C(F)(F)F)CC2)cc1Cl. The fourth-order valence-electron chi connectivity index (χ4n) is 2.44. The second kappa shape index (κ2) is 7.17. The molecule has 24 heavy (non-hydrogen) atoms. The number of ether oxygens (including phenoxy) is 1. The highest BCUT2D eigenvalue weighted by Crippen LogP contribution is 2.29. The highest BCUT2D eigenvalue weighted by molar-refractivity contribution is 7.90. The van der Waals surface area contributed by atoms with Crippen LogP contribution in [0.25, 0.3) is 0 Å². The summed E-state index contributed by atoms with van der Waals surface area (Å²) in [5.41, 5.74) is -4.99. The molecular formula is C14H14ClF3N2O3S. The molecule has 0 amide bonds. The number of benzene rings is 1. The predicted octanol–water partition coefficient (Wildman–Crippen LogP) is 3.34. The Kier molecular flexibility index (Phi) is 5.63. The van der Waals surface area contributed by atoms with Gasteiger partial charge in [-0.25, -0.2) is 13.1 Å². The van der Waals surface area contributed by atoms with E-state index in [9.17, 15) is 21.6 Å². The van der Waals surface area contributed by atoms with Gasteiger partial charge in [-0.15, -0.1) is 0 Å². The smallest absolute Gasteiger partial charge is 0.490 e. The summed E-state index contributed by atoms with van der Waals surface area (Å²) in [6.45, 7) is 0. The van der Waals surface area contributed by atoms with Crippen molar-refractivity contribution in [3.8, 4) is 11.8 Å². The van der Waals surface area contributed by atoms with E-state index in [0.717, 1.165) is 0 Å². The molecule has 0 aliphatic heterocycles. The molecule has 0 bridgehead atoms. The zero-order valence-electron chi connectivity index (χ0n) is 12.3. The van der Waals surface area contributed by atoms with Crippen LogP contribution in [0.1, 0.15) is 31.2 Å². The van der Waals surface area contributed by atoms with Crippen LogP contribution in [0.15, 0.2) is 18.2 Å². The third-order valence-electron chi connectivity index (χ3n) is 3.66. The van der Waals surface area contributed by atoms with Gasteiger partial charge in [-0.2, -0.15) is 18.4 Å². The minimum absolute atomic E-state index is 0.240. The van der Waals surface area contributed by atoms with Crippen LogP contribution in [0, 0.1) is 11.3 Å². The Balaban J connectivity index is 1.90. The van der Waals surface area contributed by atoms with Crippen molar-refractivity contribution in [1.29, 1.82) is 5.26 Å². The first-order valence-corrected chi connectivity index (χ1v) is 8.93. The Morgan fingerprint density at radius 2 is 1.88 bits per heavy atom. The minimum atomic E-state index is -5.33. The maximum absolute atomic E-state index is 12.3. The highest BCUT2D eigenvalue weighted by atomic mass is 35.5. The van der Waals surface area contributed by atoms with Gasteiger partial charge in [0.2, 0.25) is 0 Å². The minimum Gasteiger partial charge on any atom is -0.490 e. The molecule has 0 heterocycles. The second-order valence-electron chi connectivity index (χ2n) is 5.41. The topological polar surface area (TPSA) is 79.2 Å². The van der Waals surface area contributed by atoms with Gasteiger partial charge < -0.3 is 4.74 Å². The maximum Gasteiger partial charge on any atom is 0.511 e. The number of sulfonamides is 1. The molecular weight excluding hydrogens is 369 g/mol. The summed E-state index contributed by atoms with van der Waals surface area (Å²) in [6, 6.07) is 5.76. The standard InChI is InChI=1S/C14H14ClF3N2O3S/c15-13-7-12(4-1-9(13)8-19)23-11-5-2-10(3-6-11)20-24(21,22)14(16,17)18/h1,4,7,10-11,20H,2-3,5-6H2. The number of rotatable bonds is 4. The summed E-state index contributed by atoms with van der Waals surface area (Å²) >= 11 is 5.90. The van der Waals surface area contributed by atoms with Gasteiger partial charge >= 0.3 is 15.5 Å². The normalized spacial score (nSPS) is 22.0. The van der Waals surface area contributed by atoms with Crippen molar-refractivity contribution in [3.63, 3.8) is 0 Å². The van der Waals surface area contributed by atoms with E-state index in [-0.39, 0.29) is 24.0 Å². The number of hydrogen-bond donors (Lipinski definition) is 1. The number of nitrogens with zero attached hydrogens (tertiary/aromatic N) is 1. The average molecular weight is 383 g/mol. The van der Waals surface area contributed by atoms with Gasteiger partial charge in [0.05, 0.1) is 16.7 Å². The average Bonchev–Trinajstić information content (AvgIpc) is 2.48. The zero-order valence-corrected chi connectivity index (χ0v) is 13.9. The van der Waals surface area contributed by atoms with Crippen molar-refractivity contribution in [1.82, 2.24) is 4.72 Å². The summed E-state index contributed by atoms with van der Waals surface area (Å²) in [5, 5.41) is 9.05. The lowest BCUT2D eigenvalue weighted by atomic mass is 9.93. The Bertz CT molecular complexity index is 739. The van der Waals surface area contributed by atoms with E-state index in [2.05, 4.69) is 0 Å². The Morgan fingerprint density at radius 3 is 2.38 bits per heavy atom. The van der Waals surface area contributed by atoms with Crippen molar-refractivity contribution in [3.05, 3.63) is 28.8 Å². The third-order valence-corrected chi connectivity index (χ3v) is 5.23. The maximum atomic E-state index is 12.3. The summed E-state index contributed by atoms with van der Waals surface area (Å²) in [4.78, 5) is 0. The van der Waals surface area contributed by atoms with Gasteiger partial charge in [0.25, 0.3) is 0 Å². The van der Waals surface area contributed by atoms with Crippen LogP contribution in [-0.2, 0) is 10.0 Å². The van der Waals surface area contributed by atoms with Crippen LogP contribution in [0.3, 0.4) is 0 Å². The van der Waals surface area contributed by atoms with Crippen LogP contribution < -0.4 is 9.46 Å². The number of nitrogens with one attached hydrogen (secondary N) is 1. The van der Waals surface area contributed by atoms with Crippen molar-refractivity contribution in [2.24, 2.45) is 0 Å². The van der Waals surface area contributed by atoms with E-state index in [1.807, 2.05) is 6.07 Å². The molecule has 0 saturated heterocycles. The van der Waals surface area contributed by atoms with Crippen molar-refractivity contribution < 1.29 is 26.3 Å². The lowest BCUT2D eigenvalue weighted by molar-refractivity contribution is -0.0453. The van der Waals surface area contributed by atoms with Gasteiger partial charge in [0.15, 0.2) is 0 Å². The molecule has 1 aliphatic rings. The van der Waals surface area contributed by atoms with Crippen molar-refractivity contribution in [2.45, 2.75) is 43.3 Å². The molecule has 132 valence electrons. The van der Waals surface area contributed by atoms with Crippen LogP contribution in [0.4, 0.5) is 13.2 Å². The molecule has 1 aromatic carbocycles. The summed E-state index contributed by atoms with van der Waals surface area (Å²) in [6.07, 6.45) is 1.04. The first-order chi connectivity index (χ1) is 11.1. The Morgan fingerprint density at radius 1 is 1.25 bits per heavy atom. The van der Waals surface area contributed by atoms with Gasteiger partial charge in [-0.1, -0.05) is 11.6 Å². The fourth-order valence-corrected chi connectivity index (χ4v) is 3.46. The van der Waals surface area contributed by atoms with Gasteiger partial charge in [-0.05, 0) is 37.8 Å². The van der Waals surface area contributed by atoms with E-state index in [1.54, 1.807) is 10.8 Å². The molecule has 0 atom stereocenters. The van der Waals surface area contributed by atoms with E-state index in [4.69, 9.17) is 21.6 Å². The molecule has 5 nitrogen and oxygen atoms in total. The zero-order chi connectivity index (χ0) is 18.0. The molecule has 1 N–H and O–H groups in total. The largest absolute Gasteiger partial charge is 0.511 e. The first-order valence-electron chi connectivity index (χ1n) is 7.07. The molecule has 1 saturated carbocycles. The fraction of sp³-hybridized carbons (Fsp3) is 0.500. The van der Waals surface area contributed by atoms with E-state index >= 15 is 0 Å². The molecule has 0 radical (unpaired) electrons. The molecule has 2 rings (SSSR count). The molecule has 0 spiro atoms. The summed E-state index contributed by atoms with van der Waals surface area (Å²) in [5.74, 6) is 0.457. The monoisotopic (exact) mass is 382 g/mol. The van der Waals surface area contributed by atoms with Crippen LogP contribution >= 0.6 is 11.6 Å². The van der Waals surface area contributed by atoms with Crippen LogP contribution in [-0.4, -0.2) is 26.1 Å². The van der Waals surface area contributed by atoms with Crippen molar-refractivity contribution in [2.75, 3.05) is 0 Å². The quantitative estimate of drug-likeness (QED) is 0.866. The number of nitriles is 1. The third kappa shape index (κ3) is 4.53. The highest BCUT2D eigenvalue weighted by Gasteiger charge is 2.47. The predicted molar refractivity (Wildman–Crippen MR) is 80.9 cm³/mol. The molecule has 10 heteroatoms. The number of alkyl halides is 3. The van der Waals surface area contributed by atoms with E-state index < -0.39 is 21.6 Å². The molecule has 1 fully saturated rings. The van der Waals surface area contributed by atoms with Crippen LogP contribution in [0.2, 0.25) is 5.02 Å². The Hall–Kier alpha value is -1.50. The number of hydrogen-bond acceptors (Lipinski definition) is 4. The molecule has 0 aromatic heterocycles. The number of halogens is 4. The van der Waals surface area contributed by atoms with E-state index in [1.165, 1.54) is 12.1 Å². The molecule has 1 aliphatic carbocycles. The van der Waals surface area contributed by atoms with Gasteiger partial charge in [0.1, 0.15) is 11.8 Å². The van der Waals surface area contributed by atoms with Crippen LogP contribution in [0.5, 0.6) is 5.75 Å². The molecule has 1 aromatic rings. The van der Waals surface area contributed by atoms with Crippen molar-refractivity contribution >= 4 is 21.6 Å². The lowest BCUT2D eigenvalue weighted by Crippen LogP contribution is -2.45. The lowest BCUT2D eigenvalue weighted by Gasteiger charge is -2.29. The Labute approximate surface area is 142 Å². The van der Waals surface area contributed by atoms with Gasteiger partial charge in [-0.3, -0.25) is 0 Å². The van der Waals surface area contributed by atoms with Gasteiger partial charge in [0, 0.05) is 12.1 Å². The summed E-state index contributed by atoms with van der Waals surface area (Å²) < 4.78 is 66.6. The van der Waals surface area contributed by atoms with E-state index in [0.29, 0.717) is 24.2 Å². The second-order valence-corrected chi connectivity index (χ2v) is 7.52. The molecule has 0 unspecified atom stereocenters.